The first-order valence-electron chi connectivity index (χ1n) is 7.97. The number of para-hydroxylation sites is 2. The summed E-state index contributed by atoms with van der Waals surface area (Å²) in [5.41, 5.74) is 3.14. The maximum absolute atomic E-state index is 10.0. The van der Waals surface area contributed by atoms with Gasteiger partial charge in [-0.1, -0.05) is 24.3 Å². The lowest BCUT2D eigenvalue weighted by atomic mass is 10.2. The van der Waals surface area contributed by atoms with E-state index in [0.29, 0.717) is 45.1 Å². The Kier molecular flexibility index (Phi) is 2.99. The maximum Gasteiger partial charge on any atom is 0.231 e. The van der Waals surface area contributed by atoms with Gasteiger partial charge in [0.2, 0.25) is 11.8 Å². The fourth-order valence-corrected chi connectivity index (χ4v) is 2.92. The molecule has 3 aromatic carbocycles. The second-order valence-electron chi connectivity index (χ2n) is 5.83. The van der Waals surface area contributed by atoms with Crippen LogP contribution < -0.4 is 0 Å². The van der Waals surface area contributed by atoms with Gasteiger partial charge in [-0.15, -0.1) is 0 Å². The van der Waals surface area contributed by atoms with Crippen LogP contribution in [0.15, 0.2) is 69.5 Å². The standard InChI is InChI=1S/C20H12N2O4/c23-13-7-3-1-5-11(13)19-21-17-15(25-19)9-10-16-18(17)22-20(26-16)12-6-2-4-8-14(12)24/h1-10,23-24H. The van der Waals surface area contributed by atoms with Crippen molar-refractivity contribution in [2.24, 2.45) is 0 Å². The summed E-state index contributed by atoms with van der Waals surface area (Å²) in [5.74, 6) is 0.783. The van der Waals surface area contributed by atoms with Gasteiger partial charge in [0.1, 0.15) is 22.5 Å². The maximum atomic E-state index is 10.0. The average Bonchev–Trinajstić information content (AvgIpc) is 3.26. The van der Waals surface area contributed by atoms with Crippen LogP contribution in [0, 0.1) is 0 Å². The summed E-state index contributed by atoms with van der Waals surface area (Å²) in [4.78, 5) is 8.98. The third-order valence-corrected chi connectivity index (χ3v) is 4.19. The third kappa shape index (κ3) is 2.12. The smallest absolute Gasteiger partial charge is 0.231 e. The molecule has 126 valence electrons. The van der Waals surface area contributed by atoms with Crippen molar-refractivity contribution in [3.8, 4) is 34.4 Å². The molecule has 0 unspecified atom stereocenters. The van der Waals surface area contributed by atoms with Crippen LogP contribution in [0.1, 0.15) is 0 Å². The van der Waals surface area contributed by atoms with E-state index in [1.54, 1.807) is 60.7 Å². The lowest BCUT2D eigenvalue weighted by molar-refractivity contribution is 0.473. The van der Waals surface area contributed by atoms with Crippen LogP contribution in [0.4, 0.5) is 0 Å². The minimum atomic E-state index is 0.0883. The Bertz CT molecular complexity index is 1170. The number of rotatable bonds is 2. The molecule has 0 saturated heterocycles. The summed E-state index contributed by atoms with van der Waals surface area (Å²) in [5, 5.41) is 20.0. The van der Waals surface area contributed by atoms with Crippen molar-refractivity contribution in [1.82, 2.24) is 9.97 Å². The van der Waals surface area contributed by atoms with Crippen LogP contribution in [0.5, 0.6) is 11.5 Å². The van der Waals surface area contributed by atoms with Crippen molar-refractivity contribution in [3.05, 3.63) is 60.7 Å². The molecule has 2 heterocycles. The number of nitrogens with zero attached hydrogens (tertiary/aromatic N) is 2. The zero-order valence-corrected chi connectivity index (χ0v) is 13.4. The van der Waals surface area contributed by atoms with E-state index < -0.39 is 0 Å². The van der Waals surface area contributed by atoms with Crippen LogP contribution in [0.25, 0.3) is 45.1 Å². The Hall–Kier alpha value is -3.80. The van der Waals surface area contributed by atoms with Crippen molar-refractivity contribution < 1.29 is 19.0 Å². The third-order valence-electron chi connectivity index (χ3n) is 4.19. The Labute approximate surface area is 147 Å². The van der Waals surface area contributed by atoms with Crippen LogP contribution in [0.3, 0.4) is 0 Å². The Morgan fingerprint density at radius 2 is 1.00 bits per heavy atom. The zero-order valence-electron chi connectivity index (χ0n) is 13.4. The van der Waals surface area contributed by atoms with Crippen molar-refractivity contribution in [1.29, 1.82) is 0 Å². The molecule has 2 aromatic heterocycles. The van der Waals surface area contributed by atoms with E-state index in [1.165, 1.54) is 0 Å². The van der Waals surface area contributed by atoms with Crippen molar-refractivity contribution in [2.45, 2.75) is 0 Å². The quantitative estimate of drug-likeness (QED) is 0.481. The molecular weight excluding hydrogens is 332 g/mol. The number of hydrogen-bond acceptors (Lipinski definition) is 6. The monoisotopic (exact) mass is 344 g/mol. The number of benzene rings is 3. The molecule has 0 aliphatic heterocycles. The predicted molar refractivity (Wildman–Crippen MR) is 95.8 cm³/mol. The summed E-state index contributed by atoms with van der Waals surface area (Å²) in [6, 6.07) is 17.2. The van der Waals surface area contributed by atoms with Crippen molar-refractivity contribution in [2.75, 3.05) is 0 Å². The first-order chi connectivity index (χ1) is 12.7. The minimum Gasteiger partial charge on any atom is -0.507 e. The average molecular weight is 344 g/mol. The number of phenolic OH excluding ortho intramolecular Hbond substituents is 2. The number of aromatic nitrogens is 2. The summed E-state index contributed by atoms with van der Waals surface area (Å²) < 4.78 is 11.6. The van der Waals surface area contributed by atoms with Crippen LogP contribution in [-0.2, 0) is 0 Å². The number of hydrogen-bond donors (Lipinski definition) is 2. The highest BCUT2D eigenvalue weighted by atomic mass is 16.4. The van der Waals surface area contributed by atoms with E-state index in [9.17, 15) is 10.2 Å². The molecule has 26 heavy (non-hydrogen) atoms. The first-order valence-corrected chi connectivity index (χ1v) is 7.97. The lowest BCUT2D eigenvalue weighted by Crippen LogP contribution is -1.79. The van der Waals surface area contributed by atoms with Crippen LogP contribution >= 0.6 is 0 Å². The molecular formula is C20H12N2O4. The van der Waals surface area contributed by atoms with Crippen LogP contribution in [0.2, 0.25) is 0 Å². The molecule has 0 aliphatic rings. The summed E-state index contributed by atoms with van der Waals surface area (Å²) in [6.45, 7) is 0. The summed E-state index contributed by atoms with van der Waals surface area (Å²) in [6.07, 6.45) is 0. The first kappa shape index (κ1) is 14.5. The fraction of sp³-hybridized carbons (Fsp3) is 0. The number of fused-ring (bicyclic) bond motifs is 3. The molecule has 0 radical (unpaired) electrons. The molecule has 6 heteroatoms. The largest absolute Gasteiger partial charge is 0.507 e. The second-order valence-corrected chi connectivity index (χ2v) is 5.83. The zero-order chi connectivity index (χ0) is 17.7. The lowest BCUT2D eigenvalue weighted by Gasteiger charge is -1.97. The van der Waals surface area contributed by atoms with E-state index in [4.69, 9.17) is 8.83 Å². The summed E-state index contributed by atoms with van der Waals surface area (Å²) >= 11 is 0. The van der Waals surface area contributed by atoms with Gasteiger partial charge in [-0.25, -0.2) is 9.97 Å². The van der Waals surface area contributed by atoms with E-state index in [2.05, 4.69) is 9.97 Å². The molecule has 0 amide bonds. The molecule has 6 nitrogen and oxygen atoms in total. The molecule has 5 rings (SSSR count). The van der Waals surface area contributed by atoms with Gasteiger partial charge in [-0.2, -0.15) is 0 Å². The Morgan fingerprint density at radius 1 is 0.577 bits per heavy atom. The van der Waals surface area contributed by atoms with Crippen molar-refractivity contribution >= 4 is 22.2 Å². The Morgan fingerprint density at radius 3 is 1.42 bits per heavy atom. The van der Waals surface area contributed by atoms with E-state index in [1.807, 2.05) is 0 Å². The highest BCUT2D eigenvalue weighted by Crippen LogP contribution is 2.36. The SMILES string of the molecule is Oc1ccccc1-c1nc2c(ccc3oc(-c4ccccc4O)nc32)o1. The normalized spacial score (nSPS) is 11.4. The van der Waals surface area contributed by atoms with Gasteiger partial charge in [0, 0.05) is 0 Å². The van der Waals surface area contributed by atoms with Gasteiger partial charge in [-0.05, 0) is 36.4 Å². The number of oxazole rings is 2. The highest BCUT2D eigenvalue weighted by molar-refractivity contribution is 6.00. The number of phenols is 2. The van der Waals surface area contributed by atoms with Gasteiger partial charge >= 0.3 is 0 Å². The molecule has 0 fully saturated rings. The molecule has 2 N–H and O–H groups in total. The Balaban J connectivity index is 1.73. The molecule has 0 aliphatic carbocycles. The molecule has 0 atom stereocenters. The molecule has 5 aromatic rings. The van der Waals surface area contributed by atoms with Gasteiger partial charge < -0.3 is 19.0 Å². The van der Waals surface area contributed by atoms with E-state index in [0.717, 1.165) is 0 Å². The highest BCUT2D eigenvalue weighted by Gasteiger charge is 2.18. The predicted octanol–water partition coefficient (Wildman–Crippen LogP) is 4.71. The van der Waals surface area contributed by atoms with Crippen LogP contribution in [-0.4, -0.2) is 20.2 Å². The van der Waals surface area contributed by atoms with E-state index in [-0.39, 0.29) is 11.5 Å². The molecule has 0 spiro atoms. The number of aromatic hydroxyl groups is 2. The molecule has 0 bridgehead atoms. The summed E-state index contributed by atoms with van der Waals surface area (Å²) in [7, 11) is 0. The molecule has 0 saturated carbocycles. The van der Waals surface area contributed by atoms with E-state index >= 15 is 0 Å². The minimum absolute atomic E-state index is 0.0883. The van der Waals surface area contributed by atoms with Gasteiger partial charge in [0.25, 0.3) is 0 Å². The second kappa shape index (κ2) is 5.35. The topological polar surface area (TPSA) is 92.5 Å². The van der Waals surface area contributed by atoms with Gasteiger partial charge in [0.15, 0.2) is 11.2 Å². The van der Waals surface area contributed by atoms with Gasteiger partial charge in [-0.3, -0.25) is 0 Å². The fourth-order valence-electron chi connectivity index (χ4n) is 2.92. The van der Waals surface area contributed by atoms with Crippen molar-refractivity contribution in [3.63, 3.8) is 0 Å². The van der Waals surface area contributed by atoms with Gasteiger partial charge in [0.05, 0.1) is 11.1 Å².